The molecule has 1 atom stereocenters. The number of carbonyl (C=O) groups is 2. The quantitative estimate of drug-likeness (QED) is 0.632. The second-order valence-electron chi connectivity index (χ2n) is 10.1. The van der Waals surface area contributed by atoms with Crippen molar-refractivity contribution in [3.8, 4) is 11.3 Å². The van der Waals surface area contributed by atoms with E-state index in [1.54, 1.807) is 0 Å². The number of likely N-dealkylation sites (tertiary alicyclic amines) is 1. The zero-order valence-corrected chi connectivity index (χ0v) is 20.3. The van der Waals surface area contributed by atoms with Crippen LogP contribution in [0.4, 0.5) is 10.5 Å². The molecule has 0 radical (unpaired) electrons. The first-order valence-corrected chi connectivity index (χ1v) is 12.5. The summed E-state index contributed by atoms with van der Waals surface area (Å²) in [5.74, 6) is 0.122. The summed E-state index contributed by atoms with van der Waals surface area (Å²) in [6, 6.07) is 10.3. The molecule has 2 saturated heterocycles. The van der Waals surface area contributed by atoms with Crippen LogP contribution in [0.3, 0.4) is 0 Å². The number of pyridine rings is 1. The molecule has 5 heterocycles. The van der Waals surface area contributed by atoms with Gasteiger partial charge in [-0.3, -0.25) is 19.4 Å². The highest BCUT2D eigenvalue weighted by atomic mass is 16.2. The molecule has 2 fully saturated rings. The van der Waals surface area contributed by atoms with Gasteiger partial charge in [0.25, 0.3) is 0 Å². The van der Waals surface area contributed by atoms with Crippen molar-refractivity contribution in [2.24, 2.45) is 0 Å². The van der Waals surface area contributed by atoms with Crippen LogP contribution in [0.15, 0.2) is 36.5 Å². The van der Waals surface area contributed by atoms with Gasteiger partial charge in [0, 0.05) is 73.2 Å². The summed E-state index contributed by atoms with van der Waals surface area (Å²) in [4.78, 5) is 35.5. The van der Waals surface area contributed by atoms with Crippen molar-refractivity contribution < 1.29 is 9.59 Å². The monoisotopic (exact) mass is 473 g/mol. The van der Waals surface area contributed by atoms with E-state index >= 15 is 0 Å². The fourth-order valence-electron chi connectivity index (χ4n) is 5.82. The van der Waals surface area contributed by atoms with E-state index in [4.69, 9.17) is 5.10 Å². The van der Waals surface area contributed by atoms with Gasteiger partial charge in [0.05, 0.1) is 17.8 Å². The Bertz CT molecular complexity index is 1320. The number of nitrogens with one attached hydrogen (secondary N) is 1. The molecule has 3 aliphatic rings. The van der Waals surface area contributed by atoms with E-state index < -0.39 is 0 Å². The summed E-state index contributed by atoms with van der Waals surface area (Å²) in [7, 11) is 1.97. The lowest BCUT2D eigenvalue weighted by Crippen LogP contribution is -2.48. The second kappa shape index (κ2) is 8.34. The Kier molecular flexibility index (Phi) is 5.25. The summed E-state index contributed by atoms with van der Waals surface area (Å²) in [5, 5.41) is 8.84. The van der Waals surface area contributed by atoms with Crippen molar-refractivity contribution in [2.75, 3.05) is 51.2 Å². The number of aromatic nitrogens is 3. The van der Waals surface area contributed by atoms with Crippen molar-refractivity contribution in [3.63, 3.8) is 0 Å². The highest BCUT2D eigenvalue weighted by Crippen LogP contribution is 2.43. The fraction of sp³-hybridized carbons (Fsp3) is 0.462. The highest BCUT2D eigenvalue weighted by molar-refractivity contribution is 5.98. The van der Waals surface area contributed by atoms with E-state index in [2.05, 4.69) is 33.2 Å². The third-order valence-electron chi connectivity index (χ3n) is 7.78. The number of benzene rings is 1. The van der Waals surface area contributed by atoms with Gasteiger partial charge in [0.1, 0.15) is 0 Å². The number of urea groups is 1. The number of carbonyl (C=O) groups excluding carboxylic acids is 2. The van der Waals surface area contributed by atoms with E-state index in [0.29, 0.717) is 19.6 Å². The predicted octanol–water partition coefficient (Wildman–Crippen LogP) is 2.45. The molecule has 1 N–H and O–H groups in total. The zero-order valence-electron chi connectivity index (χ0n) is 20.3. The molecule has 3 aliphatic heterocycles. The Balaban J connectivity index is 1.29. The minimum atomic E-state index is -0.0183. The molecular formula is C26H31N7O2. The van der Waals surface area contributed by atoms with E-state index in [9.17, 15) is 9.59 Å². The number of anilines is 1. The summed E-state index contributed by atoms with van der Waals surface area (Å²) in [6.07, 6.45) is 3.86. The van der Waals surface area contributed by atoms with Gasteiger partial charge in [-0.2, -0.15) is 5.10 Å². The van der Waals surface area contributed by atoms with Crippen LogP contribution in [0.25, 0.3) is 22.2 Å². The molecule has 1 unspecified atom stereocenters. The van der Waals surface area contributed by atoms with E-state index in [1.807, 2.05) is 47.0 Å². The molecule has 35 heavy (non-hydrogen) atoms. The smallest absolute Gasteiger partial charge is 0.317 e. The Morgan fingerprint density at radius 3 is 2.80 bits per heavy atom. The largest absolute Gasteiger partial charge is 0.338 e. The molecule has 1 aromatic carbocycles. The highest BCUT2D eigenvalue weighted by Gasteiger charge is 2.46. The number of aryl methyl sites for hydroxylation is 1. The van der Waals surface area contributed by atoms with Crippen LogP contribution < -0.4 is 10.2 Å². The molecule has 1 spiro atoms. The molecule has 182 valence electrons. The number of rotatable bonds is 3. The van der Waals surface area contributed by atoms with Gasteiger partial charge in [0.15, 0.2) is 0 Å². The summed E-state index contributed by atoms with van der Waals surface area (Å²) in [5.41, 5.74) is 4.89. The average Bonchev–Trinajstić information content (AvgIpc) is 3.55. The van der Waals surface area contributed by atoms with Crippen LogP contribution in [-0.4, -0.2) is 82.8 Å². The molecule has 3 aromatic rings. The first-order chi connectivity index (χ1) is 17.0. The normalized spacial score (nSPS) is 22.4. The van der Waals surface area contributed by atoms with E-state index in [-0.39, 0.29) is 17.4 Å². The third kappa shape index (κ3) is 3.74. The molecule has 2 aromatic heterocycles. The van der Waals surface area contributed by atoms with Gasteiger partial charge in [-0.15, -0.1) is 0 Å². The zero-order chi connectivity index (χ0) is 24.2. The topological polar surface area (TPSA) is 86.6 Å². The van der Waals surface area contributed by atoms with Crippen LogP contribution in [0.5, 0.6) is 0 Å². The van der Waals surface area contributed by atoms with Gasteiger partial charge in [-0.05, 0) is 57.1 Å². The minimum Gasteiger partial charge on any atom is -0.338 e. The number of hydrogen-bond donors (Lipinski definition) is 1. The lowest BCUT2D eigenvalue weighted by atomic mass is 9.82. The van der Waals surface area contributed by atoms with Gasteiger partial charge < -0.3 is 15.1 Å². The Morgan fingerprint density at radius 1 is 1.11 bits per heavy atom. The molecule has 9 heteroatoms. The molecule has 6 rings (SSSR count). The summed E-state index contributed by atoms with van der Waals surface area (Å²) < 4.78 is 2.11. The molecular weight excluding hydrogens is 442 g/mol. The van der Waals surface area contributed by atoms with Crippen LogP contribution in [0.1, 0.15) is 25.5 Å². The number of nitrogens with zero attached hydrogens (tertiary/aromatic N) is 6. The van der Waals surface area contributed by atoms with E-state index in [1.165, 1.54) is 5.69 Å². The number of likely N-dealkylation sites (N-methyl/N-ethyl adjacent to an activating group) is 1. The van der Waals surface area contributed by atoms with Crippen molar-refractivity contribution in [2.45, 2.75) is 31.7 Å². The summed E-state index contributed by atoms with van der Waals surface area (Å²) >= 11 is 0. The summed E-state index contributed by atoms with van der Waals surface area (Å²) in [6.45, 7) is 6.97. The van der Waals surface area contributed by atoms with Gasteiger partial charge in [-0.1, -0.05) is 0 Å². The third-order valence-corrected chi connectivity index (χ3v) is 7.78. The Morgan fingerprint density at radius 2 is 1.97 bits per heavy atom. The fourth-order valence-corrected chi connectivity index (χ4v) is 5.82. The SMILES string of the molecule is CCNC(=O)N1CCC2(CCn3nc(-c4cnc5ccc(N6CCN(C)CC6=O)cc5c4)cc32)C1. The first kappa shape index (κ1) is 22.0. The number of fused-ring (bicyclic) bond motifs is 3. The van der Waals surface area contributed by atoms with Crippen LogP contribution in [0.2, 0.25) is 0 Å². The first-order valence-electron chi connectivity index (χ1n) is 12.5. The van der Waals surface area contributed by atoms with Crippen molar-refractivity contribution in [3.05, 3.63) is 42.2 Å². The maximum atomic E-state index is 12.6. The number of hydrogen-bond acceptors (Lipinski definition) is 5. The molecule has 9 nitrogen and oxygen atoms in total. The predicted molar refractivity (Wildman–Crippen MR) is 134 cm³/mol. The molecule has 3 amide bonds. The molecule has 0 aliphatic carbocycles. The molecule has 0 bridgehead atoms. The van der Waals surface area contributed by atoms with Crippen LogP contribution >= 0.6 is 0 Å². The maximum Gasteiger partial charge on any atom is 0.317 e. The Labute approximate surface area is 204 Å². The van der Waals surface area contributed by atoms with Gasteiger partial charge in [-0.25, -0.2) is 4.79 Å². The van der Waals surface area contributed by atoms with E-state index in [0.717, 1.165) is 66.9 Å². The lowest BCUT2D eigenvalue weighted by Gasteiger charge is -2.32. The van der Waals surface area contributed by atoms with Crippen molar-refractivity contribution in [1.82, 2.24) is 29.9 Å². The number of piperazine rings is 1. The van der Waals surface area contributed by atoms with Gasteiger partial charge in [0.2, 0.25) is 5.91 Å². The van der Waals surface area contributed by atoms with Crippen LogP contribution in [0, 0.1) is 0 Å². The second-order valence-corrected chi connectivity index (χ2v) is 10.1. The lowest BCUT2D eigenvalue weighted by molar-refractivity contribution is -0.120. The molecule has 0 saturated carbocycles. The van der Waals surface area contributed by atoms with Crippen molar-refractivity contribution >= 4 is 28.5 Å². The Hall–Kier alpha value is -3.46. The standard InChI is InChI=1S/C26H31N7O2/c1-3-27-25(35)31-8-6-26(17-31)7-9-33-23(26)14-22(29-33)19-12-18-13-20(4-5-21(18)28-15-19)32-11-10-30(2)16-24(32)34/h4-5,12-15H,3,6-11,16-17H2,1-2H3,(H,27,35). The van der Waals surface area contributed by atoms with Gasteiger partial charge >= 0.3 is 6.03 Å². The minimum absolute atomic E-state index is 0.0183. The van der Waals surface area contributed by atoms with Crippen LogP contribution in [-0.2, 0) is 16.8 Å². The average molecular weight is 474 g/mol. The number of amides is 3. The van der Waals surface area contributed by atoms with Crippen molar-refractivity contribution in [1.29, 1.82) is 0 Å². The maximum absolute atomic E-state index is 12.6.